The van der Waals surface area contributed by atoms with Gasteiger partial charge in [0.15, 0.2) is 4.34 Å². The van der Waals surface area contributed by atoms with E-state index >= 15 is 0 Å². The van der Waals surface area contributed by atoms with Crippen molar-refractivity contribution in [2.75, 3.05) is 5.73 Å². The first kappa shape index (κ1) is 13.1. The molecule has 0 fully saturated rings. The van der Waals surface area contributed by atoms with Crippen molar-refractivity contribution >= 4 is 39.0 Å². The van der Waals surface area contributed by atoms with Gasteiger partial charge in [0.2, 0.25) is 0 Å². The normalized spacial score (nSPS) is 14.5. The molecule has 1 aliphatic rings. The van der Waals surface area contributed by atoms with Crippen LogP contribution in [0.15, 0.2) is 22.5 Å². The van der Waals surface area contributed by atoms with Crippen LogP contribution in [0, 0.1) is 0 Å². The number of fused-ring (bicyclic) bond motifs is 2. The molecule has 2 N–H and O–H groups in total. The van der Waals surface area contributed by atoms with Gasteiger partial charge in [0.25, 0.3) is 0 Å². The van der Waals surface area contributed by atoms with Crippen molar-refractivity contribution in [3.05, 3.63) is 29.8 Å². The number of thiazole rings is 1. The summed E-state index contributed by atoms with van der Waals surface area (Å²) in [5, 5.41) is 8.62. The fraction of sp³-hybridized carbons (Fsp3) is 0.357. The maximum Gasteiger partial charge on any atom is 0.151 e. The first-order valence-electron chi connectivity index (χ1n) is 6.99. The lowest BCUT2D eigenvalue weighted by Gasteiger charge is -2.14. The smallest absolute Gasteiger partial charge is 0.151 e. The van der Waals surface area contributed by atoms with E-state index < -0.39 is 0 Å². The Morgan fingerprint density at radius 2 is 2.24 bits per heavy atom. The number of nitrogens with zero attached hydrogens (tertiary/aromatic N) is 4. The van der Waals surface area contributed by atoms with Crippen LogP contribution in [-0.2, 0) is 18.7 Å². The molecule has 3 heterocycles. The molecule has 21 heavy (non-hydrogen) atoms. The van der Waals surface area contributed by atoms with Gasteiger partial charge in [-0.1, -0.05) is 11.8 Å². The molecule has 0 spiro atoms. The lowest BCUT2D eigenvalue weighted by molar-refractivity contribution is 0.513. The Labute approximate surface area is 130 Å². The van der Waals surface area contributed by atoms with E-state index in [9.17, 15) is 0 Å². The minimum Gasteiger partial charge on any atom is -0.399 e. The Hall–Kier alpha value is -1.60. The van der Waals surface area contributed by atoms with Gasteiger partial charge in [0.1, 0.15) is 11.6 Å². The molecule has 0 bridgehead atoms. The average Bonchev–Trinajstić information content (AvgIpc) is 3.08. The summed E-state index contributed by atoms with van der Waals surface area (Å²) < 4.78 is 4.46. The number of aryl methyl sites for hydroxylation is 1. The highest BCUT2D eigenvalue weighted by atomic mass is 32.2. The minimum absolute atomic E-state index is 0.786. The van der Waals surface area contributed by atoms with Gasteiger partial charge in [-0.2, -0.15) is 0 Å². The van der Waals surface area contributed by atoms with Crippen molar-refractivity contribution in [1.82, 2.24) is 19.7 Å². The Kier molecular flexibility index (Phi) is 3.31. The molecule has 1 aliphatic heterocycles. The van der Waals surface area contributed by atoms with Crippen molar-refractivity contribution in [1.29, 1.82) is 0 Å². The fourth-order valence-electron chi connectivity index (χ4n) is 2.58. The van der Waals surface area contributed by atoms with Crippen molar-refractivity contribution in [2.24, 2.45) is 0 Å². The third kappa shape index (κ3) is 2.51. The second-order valence-corrected chi connectivity index (χ2v) is 7.39. The molecule has 2 aromatic heterocycles. The highest BCUT2D eigenvalue weighted by Gasteiger charge is 2.16. The Morgan fingerprint density at radius 1 is 1.29 bits per heavy atom. The molecule has 1 aromatic carbocycles. The summed E-state index contributed by atoms with van der Waals surface area (Å²) in [7, 11) is 0. The molecule has 108 valence electrons. The van der Waals surface area contributed by atoms with Crippen molar-refractivity contribution < 1.29 is 0 Å². The molecule has 7 heteroatoms. The van der Waals surface area contributed by atoms with Gasteiger partial charge in [-0.3, -0.25) is 0 Å². The molecule has 3 aromatic rings. The maximum atomic E-state index is 5.81. The van der Waals surface area contributed by atoms with Gasteiger partial charge in [-0.05, 0) is 31.0 Å². The highest BCUT2D eigenvalue weighted by molar-refractivity contribution is 8.00. The summed E-state index contributed by atoms with van der Waals surface area (Å²) in [5.74, 6) is 3.02. The fourth-order valence-corrected chi connectivity index (χ4v) is 4.64. The van der Waals surface area contributed by atoms with Crippen LogP contribution in [-0.4, -0.2) is 19.7 Å². The van der Waals surface area contributed by atoms with Gasteiger partial charge in [0.05, 0.1) is 16.0 Å². The second kappa shape index (κ2) is 5.31. The van der Waals surface area contributed by atoms with Crippen LogP contribution < -0.4 is 5.73 Å². The Morgan fingerprint density at radius 3 is 3.19 bits per heavy atom. The summed E-state index contributed by atoms with van der Waals surface area (Å²) in [5.41, 5.74) is 7.61. The van der Waals surface area contributed by atoms with Crippen molar-refractivity contribution in [3.63, 3.8) is 0 Å². The van der Waals surface area contributed by atoms with E-state index in [-0.39, 0.29) is 0 Å². The third-order valence-corrected chi connectivity index (χ3v) is 5.81. The van der Waals surface area contributed by atoms with Gasteiger partial charge in [-0.15, -0.1) is 21.5 Å². The lowest BCUT2D eigenvalue weighted by Crippen LogP contribution is -2.12. The van der Waals surface area contributed by atoms with Crippen LogP contribution in [0.5, 0.6) is 0 Å². The lowest BCUT2D eigenvalue weighted by atomic mass is 10.2. The number of benzene rings is 1. The minimum atomic E-state index is 0.786. The van der Waals surface area contributed by atoms with Crippen molar-refractivity contribution in [2.45, 2.75) is 35.9 Å². The van der Waals surface area contributed by atoms with Gasteiger partial charge in [-0.25, -0.2) is 4.98 Å². The summed E-state index contributed by atoms with van der Waals surface area (Å²) in [6.07, 6.45) is 3.51. The Balaban J connectivity index is 1.54. The predicted octanol–water partition coefficient (Wildman–Crippen LogP) is 3.10. The van der Waals surface area contributed by atoms with Crippen LogP contribution in [0.2, 0.25) is 0 Å². The van der Waals surface area contributed by atoms with Crippen LogP contribution in [0.4, 0.5) is 5.69 Å². The van der Waals surface area contributed by atoms with E-state index in [0.29, 0.717) is 0 Å². The summed E-state index contributed by atoms with van der Waals surface area (Å²) >= 11 is 3.41. The molecule has 0 radical (unpaired) electrons. The van der Waals surface area contributed by atoms with E-state index in [0.717, 1.165) is 50.6 Å². The van der Waals surface area contributed by atoms with Crippen LogP contribution in [0.3, 0.4) is 0 Å². The van der Waals surface area contributed by atoms with E-state index in [1.54, 1.807) is 23.1 Å². The molecule has 0 unspecified atom stereocenters. The van der Waals surface area contributed by atoms with E-state index in [2.05, 4.69) is 19.7 Å². The molecule has 0 aliphatic carbocycles. The zero-order valence-electron chi connectivity index (χ0n) is 11.5. The largest absolute Gasteiger partial charge is 0.399 e. The summed E-state index contributed by atoms with van der Waals surface area (Å²) in [4.78, 5) is 4.63. The zero-order valence-corrected chi connectivity index (χ0v) is 13.1. The number of rotatable bonds is 3. The number of hydrogen-bond acceptors (Lipinski definition) is 6. The van der Waals surface area contributed by atoms with Crippen LogP contribution in [0.1, 0.15) is 24.5 Å². The predicted molar refractivity (Wildman–Crippen MR) is 86.6 cm³/mol. The molecule has 0 saturated carbocycles. The number of nitrogen functional groups attached to an aromatic ring is 1. The third-order valence-electron chi connectivity index (χ3n) is 3.65. The first-order chi connectivity index (χ1) is 10.3. The molecule has 0 amide bonds. The van der Waals surface area contributed by atoms with Crippen LogP contribution in [0.25, 0.3) is 10.2 Å². The molecule has 5 nitrogen and oxygen atoms in total. The number of thioether (sulfide) groups is 1. The quantitative estimate of drug-likeness (QED) is 0.594. The Bertz CT molecular complexity index is 792. The maximum absolute atomic E-state index is 5.81. The number of hydrogen-bond donors (Lipinski definition) is 1. The van der Waals surface area contributed by atoms with Gasteiger partial charge in [0, 0.05) is 18.7 Å². The number of anilines is 1. The summed E-state index contributed by atoms with van der Waals surface area (Å²) in [6, 6.07) is 5.85. The van der Waals surface area contributed by atoms with E-state index in [4.69, 9.17) is 5.73 Å². The van der Waals surface area contributed by atoms with E-state index in [1.807, 2.05) is 18.2 Å². The topological polar surface area (TPSA) is 69.6 Å². The monoisotopic (exact) mass is 317 g/mol. The summed E-state index contributed by atoms with van der Waals surface area (Å²) in [6.45, 7) is 1.05. The molecular formula is C14H15N5S2. The number of aromatic nitrogens is 4. The highest BCUT2D eigenvalue weighted by Crippen LogP contribution is 2.32. The first-order valence-corrected chi connectivity index (χ1v) is 8.79. The SMILES string of the molecule is Nc1ccc2nc(SCc3nnc4n3CCCC4)sc2c1. The van der Waals surface area contributed by atoms with Crippen molar-refractivity contribution in [3.8, 4) is 0 Å². The van der Waals surface area contributed by atoms with Gasteiger partial charge < -0.3 is 10.3 Å². The standard InChI is InChI=1S/C14H15N5S2/c15-9-4-5-10-11(7-9)21-14(16-10)20-8-13-18-17-12-3-1-2-6-19(12)13/h4-5,7H,1-3,6,8,15H2. The molecule has 0 atom stereocenters. The van der Waals surface area contributed by atoms with E-state index in [1.165, 1.54) is 12.8 Å². The molecule has 4 rings (SSSR count). The zero-order chi connectivity index (χ0) is 14.2. The van der Waals surface area contributed by atoms with Gasteiger partial charge >= 0.3 is 0 Å². The molecule has 0 saturated heterocycles. The van der Waals surface area contributed by atoms with Crippen LogP contribution >= 0.6 is 23.1 Å². The molecular weight excluding hydrogens is 302 g/mol. The number of nitrogens with two attached hydrogens (primary N) is 1. The second-order valence-electron chi connectivity index (χ2n) is 5.14. The average molecular weight is 317 g/mol.